The number of alkyl halides is 3. The zero-order chi connectivity index (χ0) is 11.7. The molecule has 0 spiro atoms. The Hall–Kier alpha value is -0.860. The normalized spacial score (nSPS) is 11.5. The van der Waals surface area contributed by atoms with Gasteiger partial charge in [-0.15, -0.1) is 0 Å². The standard InChI is InChI=1S/C7H12F3NO4/c1-13-2-3-14-4-6(12)11-15-5-7(8,9)10/h2-5H2,1H3,(H,11,12). The summed E-state index contributed by atoms with van der Waals surface area (Å²) >= 11 is 0. The Morgan fingerprint density at radius 3 is 2.53 bits per heavy atom. The third kappa shape index (κ3) is 11.1. The van der Waals surface area contributed by atoms with Crippen molar-refractivity contribution >= 4 is 5.91 Å². The quantitative estimate of drug-likeness (QED) is 0.504. The van der Waals surface area contributed by atoms with Crippen LogP contribution in [0.2, 0.25) is 0 Å². The Bertz CT molecular complexity index is 186. The predicted molar refractivity (Wildman–Crippen MR) is 42.8 cm³/mol. The minimum Gasteiger partial charge on any atom is -0.382 e. The van der Waals surface area contributed by atoms with E-state index in [1.807, 2.05) is 0 Å². The second-order valence-electron chi connectivity index (χ2n) is 2.47. The summed E-state index contributed by atoms with van der Waals surface area (Å²) in [7, 11) is 1.45. The lowest BCUT2D eigenvalue weighted by molar-refractivity contribution is -0.192. The second-order valence-corrected chi connectivity index (χ2v) is 2.47. The summed E-state index contributed by atoms with van der Waals surface area (Å²) in [5.41, 5.74) is 1.59. The van der Waals surface area contributed by atoms with Crippen LogP contribution in [0.4, 0.5) is 13.2 Å². The number of hydroxylamine groups is 1. The first-order valence-electron chi connectivity index (χ1n) is 4.00. The first-order valence-corrected chi connectivity index (χ1v) is 4.00. The van der Waals surface area contributed by atoms with E-state index < -0.39 is 18.7 Å². The molecule has 0 rings (SSSR count). The SMILES string of the molecule is COCCOCC(=O)NOCC(F)(F)F. The van der Waals surface area contributed by atoms with Gasteiger partial charge in [-0.25, -0.2) is 5.48 Å². The number of rotatable bonds is 7. The third-order valence-electron chi connectivity index (χ3n) is 1.09. The molecule has 5 nitrogen and oxygen atoms in total. The molecule has 0 aliphatic heterocycles. The van der Waals surface area contributed by atoms with Crippen molar-refractivity contribution in [1.29, 1.82) is 0 Å². The van der Waals surface area contributed by atoms with Gasteiger partial charge in [-0.2, -0.15) is 13.2 Å². The molecule has 1 amide bonds. The topological polar surface area (TPSA) is 56.8 Å². The predicted octanol–water partition coefficient (Wildman–Crippen LogP) is 0.259. The summed E-state index contributed by atoms with van der Waals surface area (Å²) in [6.45, 7) is -1.42. The fourth-order valence-corrected chi connectivity index (χ4v) is 0.535. The Balaban J connectivity index is 3.34. The Labute approximate surface area is 84.4 Å². The van der Waals surface area contributed by atoms with Crippen molar-refractivity contribution < 1.29 is 32.3 Å². The molecular formula is C7H12F3NO4. The van der Waals surface area contributed by atoms with E-state index in [0.29, 0.717) is 6.61 Å². The highest BCUT2D eigenvalue weighted by Crippen LogP contribution is 2.13. The molecule has 0 saturated carbocycles. The molecule has 0 bridgehead atoms. The summed E-state index contributed by atoms with van der Waals surface area (Å²) in [6.07, 6.45) is -4.47. The number of halogens is 3. The molecule has 90 valence electrons. The molecule has 0 radical (unpaired) electrons. The largest absolute Gasteiger partial charge is 0.414 e. The van der Waals surface area contributed by atoms with E-state index in [1.165, 1.54) is 7.11 Å². The number of carbonyl (C=O) groups is 1. The van der Waals surface area contributed by atoms with E-state index in [0.717, 1.165) is 0 Å². The first kappa shape index (κ1) is 14.1. The second kappa shape index (κ2) is 7.43. The van der Waals surface area contributed by atoms with Crippen molar-refractivity contribution in [2.24, 2.45) is 0 Å². The summed E-state index contributed by atoms with van der Waals surface area (Å²) in [5, 5.41) is 0. The maximum atomic E-state index is 11.5. The van der Waals surface area contributed by atoms with Crippen LogP contribution in [-0.4, -0.2) is 45.6 Å². The van der Waals surface area contributed by atoms with Gasteiger partial charge >= 0.3 is 6.18 Å². The van der Waals surface area contributed by atoms with Crippen LogP contribution in [0, 0.1) is 0 Å². The van der Waals surface area contributed by atoms with Crippen LogP contribution < -0.4 is 5.48 Å². The molecule has 1 N–H and O–H groups in total. The molecule has 0 atom stereocenters. The van der Waals surface area contributed by atoms with Crippen LogP contribution in [0.15, 0.2) is 0 Å². The molecule has 0 aromatic heterocycles. The zero-order valence-corrected chi connectivity index (χ0v) is 8.10. The van der Waals surface area contributed by atoms with Gasteiger partial charge < -0.3 is 9.47 Å². The third-order valence-corrected chi connectivity index (χ3v) is 1.09. The minimum absolute atomic E-state index is 0.184. The van der Waals surface area contributed by atoms with Crippen molar-refractivity contribution in [3.8, 4) is 0 Å². The van der Waals surface area contributed by atoms with Gasteiger partial charge in [-0.05, 0) is 0 Å². The van der Waals surface area contributed by atoms with Gasteiger partial charge in [-0.1, -0.05) is 0 Å². The van der Waals surface area contributed by atoms with Gasteiger partial charge in [0.25, 0.3) is 5.91 Å². The first-order chi connectivity index (χ1) is 6.95. The number of nitrogens with one attached hydrogen (secondary N) is 1. The van der Waals surface area contributed by atoms with E-state index in [9.17, 15) is 18.0 Å². The van der Waals surface area contributed by atoms with E-state index >= 15 is 0 Å². The van der Waals surface area contributed by atoms with Crippen LogP contribution >= 0.6 is 0 Å². The smallest absolute Gasteiger partial charge is 0.382 e. The molecule has 0 fully saturated rings. The summed E-state index contributed by atoms with van der Waals surface area (Å²) in [6, 6.07) is 0. The molecule has 0 heterocycles. The molecule has 0 aliphatic carbocycles. The van der Waals surface area contributed by atoms with Crippen LogP contribution in [0.5, 0.6) is 0 Å². The average molecular weight is 231 g/mol. The Morgan fingerprint density at radius 2 is 2.00 bits per heavy atom. The lowest BCUT2D eigenvalue weighted by Crippen LogP contribution is -2.32. The van der Waals surface area contributed by atoms with Gasteiger partial charge in [0.1, 0.15) is 6.61 Å². The van der Waals surface area contributed by atoms with Crippen molar-refractivity contribution in [3.05, 3.63) is 0 Å². The van der Waals surface area contributed by atoms with Gasteiger partial charge in [0.05, 0.1) is 13.2 Å². The molecule has 0 saturated heterocycles. The Morgan fingerprint density at radius 1 is 1.33 bits per heavy atom. The molecular weight excluding hydrogens is 219 g/mol. The number of amides is 1. The highest BCUT2D eigenvalue weighted by molar-refractivity contribution is 5.75. The summed E-state index contributed by atoms with van der Waals surface area (Å²) < 4.78 is 43.9. The summed E-state index contributed by atoms with van der Waals surface area (Å²) in [4.78, 5) is 14.6. The maximum absolute atomic E-state index is 11.5. The van der Waals surface area contributed by atoms with Gasteiger partial charge in [-0.3, -0.25) is 9.63 Å². The number of methoxy groups -OCH3 is 1. The fourth-order valence-electron chi connectivity index (χ4n) is 0.535. The van der Waals surface area contributed by atoms with E-state index in [1.54, 1.807) is 5.48 Å². The molecule has 0 aromatic rings. The average Bonchev–Trinajstić information content (AvgIpc) is 2.10. The van der Waals surface area contributed by atoms with Gasteiger partial charge in [0.2, 0.25) is 0 Å². The van der Waals surface area contributed by atoms with Crippen LogP contribution in [0.25, 0.3) is 0 Å². The van der Waals surface area contributed by atoms with Crippen molar-refractivity contribution in [3.63, 3.8) is 0 Å². The van der Waals surface area contributed by atoms with Gasteiger partial charge in [0.15, 0.2) is 6.61 Å². The van der Waals surface area contributed by atoms with Crippen molar-refractivity contribution in [1.82, 2.24) is 5.48 Å². The van der Waals surface area contributed by atoms with Gasteiger partial charge in [0, 0.05) is 7.11 Å². The number of carbonyl (C=O) groups excluding carboxylic acids is 1. The van der Waals surface area contributed by atoms with Crippen LogP contribution in [-0.2, 0) is 19.1 Å². The molecule has 0 unspecified atom stereocenters. The molecule has 0 aromatic carbocycles. The molecule has 8 heteroatoms. The van der Waals surface area contributed by atoms with Crippen molar-refractivity contribution in [2.75, 3.05) is 33.5 Å². The molecule has 0 aliphatic rings. The Kier molecular flexibility index (Phi) is 7.01. The van der Waals surface area contributed by atoms with Crippen LogP contribution in [0.3, 0.4) is 0 Å². The van der Waals surface area contributed by atoms with E-state index in [2.05, 4.69) is 9.57 Å². The van der Waals surface area contributed by atoms with Crippen LogP contribution in [0.1, 0.15) is 0 Å². The fraction of sp³-hybridized carbons (Fsp3) is 0.857. The van der Waals surface area contributed by atoms with E-state index in [4.69, 9.17) is 4.74 Å². The maximum Gasteiger partial charge on any atom is 0.414 e. The monoisotopic (exact) mass is 231 g/mol. The van der Waals surface area contributed by atoms with E-state index in [-0.39, 0.29) is 13.2 Å². The van der Waals surface area contributed by atoms with Crippen molar-refractivity contribution in [2.45, 2.75) is 6.18 Å². The number of hydrogen-bond donors (Lipinski definition) is 1. The molecule has 15 heavy (non-hydrogen) atoms. The highest BCUT2D eigenvalue weighted by Gasteiger charge is 2.28. The number of ether oxygens (including phenoxy) is 2. The lowest BCUT2D eigenvalue weighted by atomic mass is 10.6. The lowest BCUT2D eigenvalue weighted by Gasteiger charge is -2.08. The number of hydrogen-bond acceptors (Lipinski definition) is 4. The zero-order valence-electron chi connectivity index (χ0n) is 8.10. The summed E-state index contributed by atoms with van der Waals surface area (Å²) in [5.74, 6) is -0.782. The highest BCUT2D eigenvalue weighted by atomic mass is 19.4. The minimum atomic E-state index is -4.47.